The number of carboxylic acid groups (broad SMARTS) is 1. The van der Waals surface area contributed by atoms with Crippen LogP contribution in [-0.4, -0.2) is 91.1 Å². The van der Waals surface area contributed by atoms with Crippen LogP contribution in [0, 0.1) is 23.7 Å². The zero-order valence-corrected chi connectivity index (χ0v) is 34.7. The summed E-state index contributed by atoms with van der Waals surface area (Å²) in [4.78, 5) is 70.8. The van der Waals surface area contributed by atoms with Crippen molar-refractivity contribution < 1.29 is 29.0 Å². The fraction of sp³-hybridized carbons (Fsp3) is 0.422. The van der Waals surface area contributed by atoms with E-state index in [1.807, 2.05) is 57.1 Å². The van der Waals surface area contributed by atoms with Crippen molar-refractivity contribution in [2.24, 2.45) is 23.7 Å². The van der Waals surface area contributed by atoms with E-state index >= 15 is 0 Å². The first-order valence-corrected chi connectivity index (χ1v) is 20.4. The van der Waals surface area contributed by atoms with E-state index in [1.54, 1.807) is 4.90 Å². The fourth-order valence-corrected chi connectivity index (χ4v) is 8.53. The highest BCUT2D eigenvalue weighted by Gasteiger charge is 2.41. The summed E-state index contributed by atoms with van der Waals surface area (Å²) in [6.07, 6.45) is 3.41. The van der Waals surface area contributed by atoms with E-state index in [4.69, 9.17) is 14.7 Å². The summed E-state index contributed by atoms with van der Waals surface area (Å²) in [5.74, 6) is 1.25. The Balaban J connectivity index is 1.04. The third-order valence-electron chi connectivity index (χ3n) is 11.7. The molecule has 0 aliphatic carbocycles. The first-order chi connectivity index (χ1) is 28.2. The van der Waals surface area contributed by atoms with Gasteiger partial charge in [0.05, 0.1) is 30.6 Å². The van der Waals surface area contributed by atoms with Crippen LogP contribution in [0.3, 0.4) is 0 Å². The number of aromatic nitrogens is 4. The molecular weight excluding hydrogens is 749 g/mol. The Kier molecular flexibility index (Phi) is 11.8. The highest BCUT2D eigenvalue weighted by atomic mass is 16.5. The lowest BCUT2D eigenvalue weighted by Gasteiger charge is -2.30. The van der Waals surface area contributed by atoms with Gasteiger partial charge in [-0.3, -0.25) is 9.59 Å². The van der Waals surface area contributed by atoms with Crippen molar-refractivity contribution in [1.29, 1.82) is 0 Å². The molecule has 14 nitrogen and oxygen atoms in total. The van der Waals surface area contributed by atoms with Gasteiger partial charge >= 0.3 is 12.2 Å². The smallest absolute Gasteiger partial charge is 0.407 e. The fourth-order valence-electron chi connectivity index (χ4n) is 8.53. The standard InChI is InChI=1S/C45H54N8O6/c1-24(2)38(50-44(56)57)42(54)52-22-26(5)16-36(52)40-46-20-34(48-40)29-10-8-28(9-11-29)30-12-13-32-19-33(15-14-31(32)18-30)35-21-47-41(49-35)37-17-27(6)23-53(37)43(55)39(25(3)4)51-45(58)59-7/h8-15,18-21,24-27,36-39,50H,16-17,22-23H2,1-7H3,(H,46,48)(H,47,49)(H,51,58)(H,56,57)/t26-,27-,36-,37-,38?,39?/m0/s1. The van der Waals surface area contributed by atoms with Crippen molar-refractivity contribution in [3.63, 3.8) is 0 Å². The third-order valence-corrected chi connectivity index (χ3v) is 11.7. The van der Waals surface area contributed by atoms with Gasteiger partial charge in [-0.25, -0.2) is 19.6 Å². The Hall–Kier alpha value is -6.18. The number of carbonyl (C=O) groups excluding carboxylic acids is 3. The van der Waals surface area contributed by atoms with Crippen LogP contribution in [0.5, 0.6) is 0 Å². The number of benzene rings is 3. The number of rotatable bonds is 11. The number of likely N-dealkylation sites (tertiary alicyclic amines) is 2. The van der Waals surface area contributed by atoms with Crippen LogP contribution in [0.4, 0.5) is 9.59 Å². The minimum atomic E-state index is -1.21. The van der Waals surface area contributed by atoms with E-state index in [9.17, 15) is 24.3 Å². The first kappa shape index (κ1) is 41.0. The Morgan fingerprint density at radius 2 is 1.12 bits per heavy atom. The number of methoxy groups -OCH3 is 1. The SMILES string of the molecule is COC(=O)NC(C(=O)N1C[C@@H](C)C[C@H]1c1nc(-c2ccc3cc(-c4ccc(-c5c[nH]c([C@@H]6C[C@H](C)CN6C(=O)C(NC(=O)O)C(C)C)n5)cc4)ccc3c2)c[nH]1)C(C)C. The number of alkyl carbamates (subject to hydrolysis) is 1. The molecule has 2 aliphatic rings. The highest BCUT2D eigenvalue weighted by molar-refractivity contribution is 5.91. The largest absolute Gasteiger partial charge is 0.465 e. The number of aromatic amines is 2. The van der Waals surface area contributed by atoms with E-state index in [1.165, 1.54) is 7.11 Å². The van der Waals surface area contributed by atoms with Crippen LogP contribution in [0.25, 0.3) is 44.4 Å². The van der Waals surface area contributed by atoms with E-state index in [0.717, 1.165) is 63.1 Å². The van der Waals surface area contributed by atoms with Crippen molar-refractivity contribution in [3.8, 4) is 33.6 Å². The molecule has 0 saturated carbocycles. The minimum Gasteiger partial charge on any atom is -0.465 e. The molecule has 5 aromatic rings. The number of hydrogen-bond donors (Lipinski definition) is 5. The first-order valence-electron chi connectivity index (χ1n) is 20.4. The molecule has 4 heterocycles. The average Bonchev–Trinajstić information content (AvgIpc) is 4.04. The van der Waals surface area contributed by atoms with E-state index in [-0.39, 0.29) is 47.6 Å². The van der Waals surface area contributed by atoms with Crippen LogP contribution in [-0.2, 0) is 14.3 Å². The lowest BCUT2D eigenvalue weighted by atomic mass is 9.98. The van der Waals surface area contributed by atoms with Gasteiger partial charge < -0.3 is 40.2 Å². The summed E-state index contributed by atoms with van der Waals surface area (Å²) in [6.45, 7) is 12.8. The van der Waals surface area contributed by atoms with Gasteiger partial charge in [0, 0.05) is 36.6 Å². The van der Waals surface area contributed by atoms with Gasteiger partial charge in [0.15, 0.2) is 0 Å². The van der Waals surface area contributed by atoms with Crippen molar-refractivity contribution >= 4 is 34.8 Å². The second kappa shape index (κ2) is 17.0. The molecule has 3 aromatic carbocycles. The highest BCUT2D eigenvalue weighted by Crippen LogP contribution is 2.38. The van der Waals surface area contributed by atoms with Crippen LogP contribution in [0.1, 0.15) is 78.1 Å². The van der Waals surface area contributed by atoms with Crippen LogP contribution >= 0.6 is 0 Å². The van der Waals surface area contributed by atoms with Crippen molar-refractivity contribution in [3.05, 3.63) is 84.7 Å². The van der Waals surface area contributed by atoms with Gasteiger partial charge in [-0.05, 0) is 70.5 Å². The molecule has 5 N–H and O–H groups in total. The van der Waals surface area contributed by atoms with Crippen molar-refractivity contribution in [2.45, 2.75) is 78.6 Å². The molecule has 14 heteroatoms. The van der Waals surface area contributed by atoms with Gasteiger partial charge in [-0.15, -0.1) is 0 Å². The molecule has 2 aliphatic heterocycles. The van der Waals surface area contributed by atoms with Crippen LogP contribution in [0.2, 0.25) is 0 Å². The molecule has 59 heavy (non-hydrogen) atoms. The number of ether oxygens (including phenoxy) is 1. The molecule has 310 valence electrons. The monoisotopic (exact) mass is 802 g/mol. The summed E-state index contributed by atoms with van der Waals surface area (Å²) in [7, 11) is 1.29. The number of amides is 4. The van der Waals surface area contributed by atoms with Gasteiger partial charge in [0.2, 0.25) is 11.8 Å². The molecule has 2 fully saturated rings. The second-order valence-electron chi connectivity index (χ2n) is 16.9. The number of nitrogens with zero attached hydrogens (tertiary/aromatic N) is 4. The van der Waals surface area contributed by atoms with Gasteiger partial charge in [0.1, 0.15) is 23.7 Å². The molecule has 0 radical (unpaired) electrons. The number of H-pyrrole nitrogens is 2. The maximum atomic E-state index is 13.7. The molecular formula is C45H54N8O6. The maximum Gasteiger partial charge on any atom is 0.407 e. The Labute approximate surface area is 344 Å². The summed E-state index contributed by atoms with van der Waals surface area (Å²) in [6, 6.07) is 18.9. The quantitative estimate of drug-likeness (QED) is 0.0896. The predicted octanol–water partition coefficient (Wildman–Crippen LogP) is 7.78. The molecule has 0 spiro atoms. The summed E-state index contributed by atoms with van der Waals surface area (Å²) >= 11 is 0. The number of nitrogens with one attached hydrogen (secondary N) is 4. The normalized spacial score (nSPS) is 20.3. The Morgan fingerprint density at radius 1 is 0.678 bits per heavy atom. The second-order valence-corrected chi connectivity index (χ2v) is 16.9. The van der Waals surface area contributed by atoms with Crippen molar-refractivity contribution in [2.75, 3.05) is 20.2 Å². The Bertz CT molecular complexity index is 2330. The molecule has 6 atom stereocenters. The zero-order chi connectivity index (χ0) is 42.1. The molecule has 7 rings (SSSR count). The van der Waals surface area contributed by atoms with Gasteiger partial charge in [0.25, 0.3) is 0 Å². The lowest BCUT2D eigenvalue weighted by molar-refractivity contribution is -0.136. The average molecular weight is 803 g/mol. The van der Waals surface area contributed by atoms with Gasteiger partial charge in [-0.1, -0.05) is 90.1 Å². The lowest BCUT2D eigenvalue weighted by Crippen LogP contribution is -2.51. The summed E-state index contributed by atoms with van der Waals surface area (Å²) < 4.78 is 4.78. The van der Waals surface area contributed by atoms with Crippen LogP contribution in [0.15, 0.2) is 73.1 Å². The number of carbonyl (C=O) groups is 4. The van der Waals surface area contributed by atoms with Crippen molar-refractivity contribution in [1.82, 2.24) is 40.4 Å². The summed E-state index contributed by atoms with van der Waals surface area (Å²) in [5, 5.41) is 16.6. The number of fused-ring (bicyclic) bond motifs is 1. The number of hydrogen-bond acceptors (Lipinski definition) is 7. The summed E-state index contributed by atoms with van der Waals surface area (Å²) in [5.41, 5.74) is 5.60. The molecule has 2 unspecified atom stereocenters. The van der Waals surface area contributed by atoms with E-state index < -0.39 is 24.3 Å². The molecule has 2 saturated heterocycles. The Morgan fingerprint density at radius 3 is 1.61 bits per heavy atom. The zero-order valence-electron chi connectivity index (χ0n) is 34.7. The van der Waals surface area contributed by atoms with E-state index in [0.29, 0.717) is 18.9 Å². The number of imidazole rings is 2. The molecule has 0 bridgehead atoms. The predicted molar refractivity (Wildman–Crippen MR) is 225 cm³/mol. The van der Waals surface area contributed by atoms with Crippen LogP contribution < -0.4 is 10.6 Å². The minimum absolute atomic E-state index is 0.117. The molecule has 2 aromatic heterocycles. The van der Waals surface area contributed by atoms with E-state index in [2.05, 4.69) is 83.0 Å². The third kappa shape index (κ3) is 8.67. The maximum absolute atomic E-state index is 13.7. The topological polar surface area (TPSA) is 186 Å². The van der Waals surface area contributed by atoms with Gasteiger partial charge in [-0.2, -0.15) is 0 Å². The molecule has 4 amide bonds.